The van der Waals surface area contributed by atoms with Crippen LogP contribution in [0.25, 0.3) is 0 Å². The van der Waals surface area contributed by atoms with E-state index in [4.69, 9.17) is 0 Å². The Balaban J connectivity index is 1.94. The van der Waals surface area contributed by atoms with Crippen LogP contribution in [0.3, 0.4) is 0 Å². The van der Waals surface area contributed by atoms with Crippen molar-refractivity contribution in [2.45, 2.75) is 0 Å². The lowest BCUT2D eigenvalue weighted by molar-refractivity contribution is -0.385. The lowest BCUT2D eigenvalue weighted by Gasteiger charge is -2.21. The molecule has 0 saturated carbocycles. The number of para-hydroxylation sites is 1. The molecule has 3 N–H and O–H groups in total. The lowest BCUT2D eigenvalue weighted by Crippen LogP contribution is -2.22. The van der Waals surface area contributed by atoms with Gasteiger partial charge in [0.2, 0.25) is 0 Å². The summed E-state index contributed by atoms with van der Waals surface area (Å²) in [6.07, 6.45) is 0. The molecule has 0 aliphatic heterocycles. The summed E-state index contributed by atoms with van der Waals surface area (Å²) in [4.78, 5) is 36.3. The van der Waals surface area contributed by atoms with Gasteiger partial charge in [0.25, 0.3) is 5.69 Å². The molecule has 3 aromatic carbocycles. The molecule has 0 radical (unpaired) electrons. The van der Waals surface area contributed by atoms with Gasteiger partial charge in [0.15, 0.2) is 11.6 Å². The van der Waals surface area contributed by atoms with Gasteiger partial charge in [-0.15, -0.1) is 0 Å². The van der Waals surface area contributed by atoms with Crippen LogP contribution in [0.5, 0.6) is 11.5 Å². The van der Waals surface area contributed by atoms with Crippen LogP contribution in [-0.4, -0.2) is 26.7 Å². The van der Waals surface area contributed by atoms with Gasteiger partial charge in [0.1, 0.15) is 11.5 Å². The highest BCUT2D eigenvalue weighted by molar-refractivity contribution is 6.31. The number of phenolic OH excluding ortho intramolecular Hbond substituents is 2. The van der Waals surface area contributed by atoms with Crippen LogP contribution >= 0.6 is 0 Å². The molecule has 0 heterocycles. The minimum atomic E-state index is -0.757. The molecule has 4 rings (SSSR count). The number of rotatable bonds is 3. The fourth-order valence-electron chi connectivity index (χ4n) is 3.23. The quantitative estimate of drug-likeness (QED) is 0.368. The van der Waals surface area contributed by atoms with Crippen LogP contribution in [0, 0.1) is 10.1 Å². The Kier molecular flexibility index (Phi) is 3.82. The second-order valence-electron chi connectivity index (χ2n) is 6.21. The molecule has 8 nitrogen and oxygen atoms in total. The zero-order valence-electron chi connectivity index (χ0n) is 14.2. The smallest absolute Gasteiger partial charge is 0.273 e. The number of nitro groups is 1. The number of non-ortho nitro benzene ring substituents is 1. The third kappa shape index (κ3) is 2.64. The van der Waals surface area contributed by atoms with Gasteiger partial charge in [-0.3, -0.25) is 19.7 Å². The van der Waals surface area contributed by atoms with Crippen LogP contribution in [0.2, 0.25) is 0 Å². The number of carbonyl (C=O) groups is 2. The molecule has 0 fully saturated rings. The van der Waals surface area contributed by atoms with Crippen molar-refractivity contribution in [3.63, 3.8) is 0 Å². The minimum absolute atomic E-state index is 0.0287. The van der Waals surface area contributed by atoms with Gasteiger partial charge >= 0.3 is 0 Å². The Hall–Kier alpha value is -4.20. The molecule has 0 amide bonds. The first-order chi connectivity index (χ1) is 13.4. The van der Waals surface area contributed by atoms with Gasteiger partial charge in [-0.1, -0.05) is 18.2 Å². The number of fused-ring (bicyclic) bond motifs is 2. The van der Waals surface area contributed by atoms with Gasteiger partial charge < -0.3 is 15.5 Å². The first kappa shape index (κ1) is 17.2. The molecule has 3 aromatic rings. The zero-order valence-corrected chi connectivity index (χ0v) is 14.2. The van der Waals surface area contributed by atoms with Crippen molar-refractivity contribution in [1.29, 1.82) is 0 Å². The van der Waals surface area contributed by atoms with E-state index in [9.17, 15) is 29.9 Å². The molecular formula is C20H12N2O6. The molecular weight excluding hydrogens is 364 g/mol. The number of carbonyl (C=O) groups excluding carboxylic acids is 2. The Labute approximate surface area is 157 Å². The Morgan fingerprint density at radius 2 is 1.50 bits per heavy atom. The predicted molar refractivity (Wildman–Crippen MR) is 99.5 cm³/mol. The van der Waals surface area contributed by atoms with Crippen LogP contribution in [0.1, 0.15) is 31.8 Å². The van der Waals surface area contributed by atoms with Crippen molar-refractivity contribution < 1.29 is 24.7 Å². The van der Waals surface area contributed by atoms with Crippen molar-refractivity contribution in [1.82, 2.24) is 0 Å². The van der Waals surface area contributed by atoms with Crippen LogP contribution in [0.4, 0.5) is 17.1 Å². The van der Waals surface area contributed by atoms with Crippen molar-refractivity contribution >= 4 is 28.6 Å². The molecule has 8 heteroatoms. The fraction of sp³-hybridized carbons (Fsp3) is 0. The molecule has 0 aromatic heterocycles. The Morgan fingerprint density at radius 1 is 0.857 bits per heavy atom. The van der Waals surface area contributed by atoms with Crippen molar-refractivity contribution in [3.05, 3.63) is 87.0 Å². The summed E-state index contributed by atoms with van der Waals surface area (Å²) < 4.78 is 0. The highest BCUT2D eigenvalue weighted by Gasteiger charge is 2.36. The molecule has 1 aliphatic rings. The van der Waals surface area contributed by atoms with Gasteiger partial charge in [0, 0.05) is 28.9 Å². The van der Waals surface area contributed by atoms with E-state index >= 15 is 0 Å². The molecule has 1 aliphatic carbocycles. The lowest BCUT2D eigenvalue weighted by atomic mass is 9.82. The molecule has 0 saturated heterocycles. The predicted octanol–water partition coefficient (Wildman–Crippen LogP) is 3.53. The Morgan fingerprint density at radius 3 is 2.18 bits per heavy atom. The molecule has 28 heavy (non-hydrogen) atoms. The Bertz CT molecular complexity index is 1170. The van der Waals surface area contributed by atoms with Gasteiger partial charge in [0.05, 0.1) is 27.8 Å². The average Bonchev–Trinajstić information content (AvgIpc) is 2.66. The van der Waals surface area contributed by atoms with E-state index in [0.29, 0.717) is 5.69 Å². The van der Waals surface area contributed by atoms with E-state index in [2.05, 4.69) is 5.32 Å². The standard InChI is InChI=1S/C20H12N2O6/c23-12-8-14-17(15(9-12)21-10-4-2-1-3-5-10)19(25)13-6-11(22(27)28)7-16(24)18(13)20(14)26/h1-9,21,23-24H. The van der Waals surface area contributed by atoms with Crippen molar-refractivity contribution in [3.8, 4) is 11.5 Å². The number of nitrogens with one attached hydrogen (secondary N) is 1. The summed E-state index contributed by atoms with van der Waals surface area (Å²) in [6.45, 7) is 0. The highest BCUT2D eigenvalue weighted by Crippen LogP contribution is 2.40. The molecule has 138 valence electrons. The number of hydrogen-bond acceptors (Lipinski definition) is 7. The summed E-state index contributed by atoms with van der Waals surface area (Å²) in [6, 6.07) is 13.0. The normalized spacial score (nSPS) is 12.3. The monoisotopic (exact) mass is 376 g/mol. The van der Waals surface area contributed by atoms with E-state index < -0.39 is 27.9 Å². The first-order valence-corrected chi connectivity index (χ1v) is 8.16. The fourth-order valence-corrected chi connectivity index (χ4v) is 3.23. The van der Waals surface area contributed by atoms with Gasteiger partial charge in [-0.2, -0.15) is 0 Å². The largest absolute Gasteiger partial charge is 0.508 e. The van der Waals surface area contributed by atoms with Crippen LogP contribution in [0.15, 0.2) is 54.6 Å². The number of hydrogen-bond donors (Lipinski definition) is 3. The first-order valence-electron chi connectivity index (χ1n) is 8.16. The number of nitro benzene ring substituents is 1. The maximum atomic E-state index is 13.1. The third-order valence-electron chi connectivity index (χ3n) is 4.43. The van der Waals surface area contributed by atoms with Gasteiger partial charge in [-0.05, 0) is 18.2 Å². The van der Waals surface area contributed by atoms with Crippen molar-refractivity contribution in [2.24, 2.45) is 0 Å². The maximum Gasteiger partial charge on any atom is 0.273 e. The molecule has 0 bridgehead atoms. The second-order valence-corrected chi connectivity index (χ2v) is 6.21. The molecule has 0 spiro atoms. The molecule has 0 atom stereocenters. The second kappa shape index (κ2) is 6.20. The third-order valence-corrected chi connectivity index (χ3v) is 4.43. The number of nitrogens with zero attached hydrogens (tertiary/aromatic N) is 1. The van der Waals surface area contributed by atoms with Gasteiger partial charge in [-0.25, -0.2) is 0 Å². The minimum Gasteiger partial charge on any atom is -0.508 e. The number of ketones is 2. The van der Waals surface area contributed by atoms with E-state index in [1.807, 2.05) is 0 Å². The summed E-state index contributed by atoms with van der Waals surface area (Å²) >= 11 is 0. The van der Waals surface area contributed by atoms with E-state index in [1.165, 1.54) is 6.07 Å². The van der Waals surface area contributed by atoms with Crippen molar-refractivity contribution in [2.75, 3.05) is 5.32 Å². The number of benzene rings is 3. The van der Waals surface area contributed by atoms with E-state index in [0.717, 1.165) is 18.2 Å². The summed E-state index contributed by atoms with van der Waals surface area (Å²) in [7, 11) is 0. The summed E-state index contributed by atoms with van der Waals surface area (Å²) in [5, 5.41) is 34.2. The summed E-state index contributed by atoms with van der Waals surface area (Å²) in [5.74, 6) is -2.27. The van der Waals surface area contributed by atoms with E-state index in [1.54, 1.807) is 30.3 Å². The zero-order chi connectivity index (χ0) is 20.0. The topological polar surface area (TPSA) is 130 Å². The molecule has 0 unspecified atom stereocenters. The maximum absolute atomic E-state index is 13.1. The number of phenols is 2. The highest BCUT2D eigenvalue weighted by atomic mass is 16.6. The average molecular weight is 376 g/mol. The van der Waals surface area contributed by atoms with Crippen LogP contribution in [-0.2, 0) is 0 Å². The SMILES string of the molecule is O=C1c2cc(O)cc(Nc3ccccc3)c2C(=O)c2cc([N+](=O)[O-])cc(O)c21. The number of anilines is 2. The summed E-state index contributed by atoms with van der Waals surface area (Å²) in [5.41, 5.74) is -0.416. The van der Waals surface area contributed by atoms with Crippen LogP contribution < -0.4 is 5.32 Å². The van der Waals surface area contributed by atoms with E-state index in [-0.39, 0.29) is 33.7 Å². The number of aromatic hydroxyl groups is 2.